The van der Waals surface area contributed by atoms with E-state index in [0.29, 0.717) is 12.5 Å². The molecule has 2 heterocycles. The number of nitrogens with zero attached hydrogens (tertiary/aromatic N) is 2. The number of rotatable bonds is 3. The molecule has 0 saturated carbocycles. The molecule has 5 heteroatoms. The quantitative estimate of drug-likeness (QED) is 0.814. The second-order valence-electron chi connectivity index (χ2n) is 4.68. The van der Waals surface area contributed by atoms with Crippen LogP contribution in [0.5, 0.6) is 0 Å². The van der Waals surface area contributed by atoms with Gasteiger partial charge in [-0.2, -0.15) is 0 Å². The number of H-pyrrole nitrogens is 1. The van der Waals surface area contributed by atoms with E-state index in [2.05, 4.69) is 22.2 Å². The van der Waals surface area contributed by atoms with Crippen LogP contribution in [0.25, 0.3) is 0 Å². The zero-order valence-electron chi connectivity index (χ0n) is 10.4. The van der Waals surface area contributed by atoms with E-state index in [1.807, 2.05) is 11.9 Å². The van der Waals surface area contributed by atoms with Gasteiger partial charge in [-0.1, -0.05) is 6.92 Å². The van der Waals surface area contributed by atoms with Gasteiger partial charge in [-0.3, -0.25) is 4.79 Å². The van der Waals surface area contributed by atoms with Gasteiger partial charge in [0, 0.05) is 18.9 Å². The van der Waals surface area contributed by atoms with Crippen molar-refractivity contribution >= 4 is 5.91 Å². The van der Waals surface area contributed by atoms with Crippen molar-refractivity contribution in [3.63, 3.8) is 0 Å². The van der Waals surface area contributed by atoms with Crippen LogP contribution in [0.3, 0.4) is 0 Å². The van der Waals surface area contributed by atoms with Crippen molar-refractivity contribution in [3.8, 4) is 0 Å². The van der Waals surface area contributed by atoms with Crippen molar-refractivity contribution in [2.45, 2.75) is 32.4 Å². The van der Waals surface area contributed by atoms with Crippen molar-refractivity contribution in [2.75, 3.05) is 13.6 Å². The fourth-order valence-corrected chi connectivity index (χ4v) is 2.45. The van der Waals surface area contributed by atoms with Crippen molar-refractivity contribution in [2.24, 2.45) is 5.92 Å². The van der Waals surface area contributed by atoms with Gasteiger partial charge in [0.25, 0.3) is 0 Å². The Morgan fingerprint density at radius 1 is 1.65 bits per heavy atom. The van der Waals surface area contributed by atoms with Gasteiger partial charge in [0.1, 0.15) is 5.82 Å². The monoisotopic (exact) mass is 236 g/mol. The van der Waals surface area contributed by atoms with Crippen LogP contribution >= 0.6 is 0 Å². The van der Waals surface area contributed by atoms with Gasteiger partial charge in [0.2, 0.25) is 5.91 Å². The van der Waals surface area contributed by atoms with Crippen LogP contribution in [0.15, 0.2) is 12.4 Å². The number of hydrogen-bond donors (Lipinski definition) is 2. The predicted molar refractivity (Wildman–Crippen MR) is 65.3 cm³/mol. The number of hydrogen-bond acceptors (Lipinski definition) is 3. The summed E-state index contributed by atoms with van der Waals surface area (Å²) in [5.74, 6) is 1.44. The molecule has 0 aliphatic carbocycles. The summed E-state index contributed by atoms with van der Waals surface area (Å²) in [5.41, 5.74) is 0. The molecule has 2 N–H and O–H groups in total. The summed E-state index contributed by atoms with van der Waals surface area (Å²) in [5, 5.41) is 3.13. The van der Waals surface area contributed by atoms with Crippen LogP contribution in [0.2, 0.25) is 0 Å². The summed E-state index contributed by atoms with van der Waals surface area (Å²) in [6, 6.07) is -0.0625. The van der Waals surface area contributed by atoms with Crippen LogP contribution in [0.1, 0.15) is 25.6 Å². The third-order valence-corrected chi connectivity index (χ3v) is 3.44. The molecule has 1 aromatic rings. The minimum atomic E-state index is -0.0625. The van der Waals surface area contributed by atoms with E-state index in [0.717, 1.165) is 25.2 Å². The first-order valence-electron chi connectivity index (χ1n) is 6.16. The lowest BCUT2D eigenvalue weighted by Crippen LogP contribution is -2.46. The number of amides is 1. The number of likely N-dealkylation sites (N-methyl/N-ethyl adjacent to an activating group) is 1. The molecule has 0 bridgehead atoms. The Morgan fingerprint density at radius 2 is 2.47 bits per heavy atom. The highest BCUT2D eigenvalue weighted by Crippen LogP contribution is 2.19. The Balaban J connectivity index is 2.08. The second-order valence-corrected chi connectivity index (χ2v) is 4.68. The number of aromatic amines is 1. The maximum atomic E-state index is 12.3. The van der Waals surface area contributed by atoms with E-state index in [-0.39, 0.29) is 11.9 Å². The van der Waals surface area contributed by atoms with Crippen LogP contribution in [0, 0.1) is 5.92 Å². The van der Waals surface area contributed by atoms with Gasteiger partial charge in [0.05, 0.1) is 12.6 Å². The standard InChI is InChI=1S/C12H20N4O/c1-9-4-3-7-16(12(17)11(9)13-2)8-10-14-5-6-15-10/h5-6,9,11,13H,3-4,7-8H2,1-2H3,(H,14,15). The number of nitrogens with one attached hydrogen (secondary N) is 2. The molecule has 1 fully saturated rings. The molecule has 0 radical (unpaired) electrons. The molecule has 17 heavy (non-hydrogen) atoms. The van der Waals surface area contributed by atoms with E-state index in [4.69, 9.17) is 0 Å². The first-order valence-corrected chi connectivity index (χ1v) is 6.16. The van der Waals surface area contributed by atoms with Crippen molar-refractivity contribution in [1.82, 2.24) is 20.2 Å². The minimum Gasteiger partial charge on any atom is -0.347 e. The van der Waals surface area contributed by atoms with Crippen LogP contribution in [-0.2, 0) is 11.3 Å². The normalized spacial score (nSPS) is 26.0. The summed E-state index contributed by atoms with van der Waals surface area (Å²) in [6.45, 7) is 3.54. The first kappa shape index (κ1) is 12.1. The summed E-state index contributed by atoms with van der Waals surface area (Å²) in [4.78, 5) is 21.4. The minimum absolute atomic E-state index is 0.0625. The van der Waals surface area contributed by atoms with Crippen molar-refractivity contribution in [1.29, 1.82) is 0 Å². The molecule has 2 rings (SSSR count). The Bertz CT molecular complexity index is 363. The Hall–Kier alpha value is -1.36. The topological polar surface area (TPSA) is 61.0 Å². The average Bonchev–Trinajstić information content (AvgIpc) is 2.76. The van der Waals surface area contributed by atoms with Gasteiger partial charge < -0.3 is 15.2 Å². The highest BCUT2D eigenvalue weighted by atomic mass is 16.2. The number of aromatic nitrogens is 2. The number of likely N-dealkylation sites (tertiary alicyclic amines) is 1. The van der Waals surface area contributed by atoms with Gasteiger partial charge in [-0.25, -0.2) is 4.98 Å². The smallest absolute Gasteiger partial charge is 0.240 e. The van der Waals surface area contributed by atoms with E-state index < -0.39 is 0 Å². The predicted octanol–water partition coefficient (Wildman–Crippen LogP) is 0.756. The largest absolute Gasteiger partial charge is 0.347 e. The van der Waals surface area contributed by atoms with Crippen molar-refractivity contribution in [3.05, 3.63) is 18.2 Å². The summed E-state index contributed by atoms with van der Waals surface area (Å²) >= 11 is 0. The third-order valence-electron chi connectivity index (χ3n) is 3.44. The van der Waals surface area contributed by atoms with E-state index in [1.54, 1.807) is 12.4 Å². The van der Waals surface area contributed by atoms with E-state index in [1.165, 1.54) is 0 Å². The molecule has 1 saturated heterocycles. The Labute approximate surface area is 102 Å². The van der Waals surface area contributed by atoms with Crippen LogP contribution < -0.4 is 5.32 Å². The molecule has 1 amide bonds. The zero-order valence-corrected chi connectivity index (χ0v) is 10.4. The van der Waals surface area contributed by atoms with Gasteiger partial charge >= 0.3 is 0 Å². The molecular weight excluding hydrogens is 216 g/mol. The fourth-order valence-electron chi connectivity index (χ4n) is 2.45. The molecule has 2 unspecified atom stereocenters. The maximum absolute atomic E-state index is 12.3. The second kappa shape index (κ2) is 5.31. The molecule has 1 aliphatic heterocycles. The average molecular weight is 236 g/mol. The number of carbonyl (C=O) groups is 1. The molecule has 1 aliphatic rings. The summed E-state index contributed by atoms with van der Waals surface area (Å²) in [6.07, 6.45) is 5.66. The lowest BCUT2D eigenvalue weighted by atomic mass is 9.98. The van der Waals surface area contributed by atoms with E-state index >= 15 is 0 Å². The summed E-state index contributed by atoms with van der Waals surface area (Å²) in [7, 11) is 1.86. The lowest BCUT2D eigenvalue weighted by Gasteiger charge is -2.25. The zero-order chi connectivity index (χ0) is 12.3. The highest BCUT2D eigenvalue weighted by molar-refractivity contribution is 5.82. The van der Waals surface area contributed by atoms with Gasteiger partial charge in [-0.15, -0.1) is 0 Å². The fraction of sp³-hybridized carbons (Fsp3) is 0.667. The lowest BCUT2D eigenvalue weighted by molar-refractivity contribution is -0.134. The Kier molecular flexibility index (Phi) is 3.78. The SMILES string of the molecule is CNC1C(=O)N(Cc2ncc[nH]2)CCCC1C. The van der Waals surface area contributed by atoms with E-state index in [9.17, 15) is 4.79 Å². The molecular formula is C12H20N4O. The van der Waals surface area contributed by atoms with Crippen LogP contribution in [-0.4, -0.2) is 40.4 Å². The van der Waals surface area contributed by atoms with Gasteiger partial charge in [0.15, 0.2) is 0 Å². The highest BCUT2D eigenvalue weighted by Gasteiger charge is 2.30. The molecule has 1 aromatic heterocycles. The molecule has 0 spiro atoms. The third kappa shape index (κ3) is 2.66. The molecule has 5 nitrogen and oxygen atoms in total. The molecule has 2 atom stereocenters. The maximum Gasteiger partial charge on any atom is 0.240 e. The van der Waals surface area contributed by atoms with Crippen LogP contribution in [0.4, 0.5) is 0 Å². The number of imidazole rings is 1. The molecule has 0 aromatic carbocycles. The molecule has 94 valence electrons. The number of carbonyl (C=O) groups excluding carboxylic acids is 1. The first-order chi connectivity index (χ1) is 8.22. The Morgan fingerprint density at radius 3 is 3.12 bits per heavy atom. The van der Waals surface area contributed by atoms with Gasteiger partial charge in [-0.05, 0) is 25.8 Å². The summed E-state index contributed by atoms with van der Waals surface area (Å²) < 4.78 is 0. The van der Waals surface area contributed by atoms with Crippen molar-refractivity contribution < 1.29 is 4.79 Å².